The minimum atomic E-state index is -2.34. The van der Waals surface area contributed by atoms with E-state index in [2.05, 4.69) is 24.1 Å². The van der Waals surface area contributed by atoms with Crippen LogP contribution in [0, 0.1) is 5.92 Å². The standard InChI is InChI=1S/C14H26F2N2O2/c1-4-10(2)18-8-11(6-14(19)20-3)5-12(9-18)17-7-13(15)16/h10-13,17H,4-9H2,1-3H3. The lowest BCUT2D eigenvalue weighted by Gasteiger charge is -2.41. The third kappa shape index (κ3) is 5.71. The summed E-state index contributed by atoms with van der Waals surface area (Å²) in [5, 5.41) is 2.91. The number of rotatable bonds is 7. The molecule has 0 saturated carbocycles. The quantitative estimate of drug-likeness (QED) is 0.728. The lowest BCUT2D eigenvalue weighted by atomic mass is 9.90. The number of alkyl halides is 2. The normalized spacial score (nSPS) is 25.7. The predicted molar refractivity (Wildman–Crippen MR) is 73.9 cm³/mol. The molecule has 0 amide bonds. The molecule has 20 heavy (non-hydrogen) atoms. The zero-order chi connectivity index (χ0) is 15.1. The van der Waals surface area contributed by atoms with Crippen LogP contribution in [0.25, 0.3) is 0 Å². The SMILES string of the molecule is CCC(C)N1CC(CC(=O)OC)CC(NCC(F)F)C1. The third-order valence-corrected chi connectivity index (χ3v) is 4.02. The van der Waals surface area contributed by atoms with Crippen molar-refractivity contribution in [1.29, 1.82) is 0 Å². The van der Waals surface area contributed by atoms with Gasteiger partial charge in [-0.05, 0) is 25.7 Å². The minimum Gasteiger partial charge on any atom is -0.469 e. The first-order valence-corrected chi connectivity index (χ1v) is 7.28. The zero-order valence-electron chi connectivity index (χ0n) is 12.6. The van der Waals surface area contributed by atoms with Gasteiger partial charge in [0.2, 0.25) is 0 Å². The van der Waals surface area contributed by atoms with E-state index in [4.69, 9.17) is 4.74 Å². The van der Waals surface area contributed by atoms with Gasteiger partial charge in [0.15, 0.2) is 0 Å². The average Bonchev–Trinajstić information content (AvgIpc) is 2.43. The van der Waals surface area contributed by atoms with Gasteiger partial charge >= 0.3 is 5.97 Å². The first kappa shape index (κ1) is 17.3. The molecule has 3 unspecified atom stereocenters. The fraction of sp³-hybridized carbons (Fsp3) is 0.929. The smallest absolute Gasteiger partial charge is 0.305 e. The van der Waals surface area contributed by atoms with Gasteiger partial charge in [0, 0.05) is 31.6 Å². The van der Waals surface area contributed by atoms with Crippen molar-refractivity contribution in [3.8, 4) is 0 Å². The number of hydrogen-bond acceptors (Lipinski definition) is 4. The molecule has 0 aromatic carbocycles. The summed E-state index contributed by atoms with van der Waals surface area (Å²) in [5.74, 6) is -0.0611. The highest BCUT2D eigenvalue weighted by Gasteiger charge is 2.30. The van der Waals surface area contributed by atoms with Gasteiger partial charge < -0.3 is 10.1 Å². The number of piperidine rings is 1. The van der Waals surface area contributed by atoms with Crippen molar-refractivity contribution >= 4 is 5.97 Å². The third-order valence-electron chi connectivity index (χ3n) is 4.02. The van der Waals surface area contributed by atoms with Gasteiger partial charge in [0.05, 0.1) is 13.7 Å². The number of esters is 1. The van der Waals surface area contributed by atoms with E-state index in [-0.39, 0.29) is 24.5 Å². The summed E-state index contributed by atoms with van der Waals surface area (Å²) in [6, 6.07) is 0.410. The molecule has 4 nitrogen and oxygen atoms in total. The lowest BCUT2D eigenvalue weighted by molar-refractivity contribution is -0.142. The van der Waals surface area contributed by atoms with E-state index in [1.807, 2.05) is 0 Å². The molecule has 1 fully saturated rings. The Morgan fingerprint density at radius 3 is 2.70 bits per heavy atom. The van der Waals surface area contributed by atoms with Crippen LogP contribution in [0.2, 0.25) is 0 Å². The molecule has 1 saturated heterocycles. The topological polar surface area (TPSA) is 41.6 Å². The molecule has 0 radical (unpaired) electrons. The molecule has 6 heteroatoms. The first-order chi connectivity index (χ1) is 9.46. The largest absolute Gasteiger partial charge is 0.469 e. The van der Waals surface area contributed by atoms with E-state index in [9.17, 15) is 13.6 Å². The number of carbonyl (C=O) groups is 1. The highest BCUT2D eigenvalue weighted by molar-refractivity contribution is 5.69. The van der Waals surface area contributed by atoms with Crippen LogP contribution in [0.4, 0.5) is 8.78 Å². The van der Waals surface area contributed by atoms with Gasteiger partial charge in [-0.1, -0.05) is 6.92 Å². The maximum absolute atomic E-state index is 12.3. The molecule has 118 valence electrons. The Bertz CT molecular complexity index is 303. The second-order valence-electron chi connectivity index (χ2n) is 5.59. The van der Waals surface area contributed by atoms with Crippen LogP contribution in [-0.2, 0) is 9.53 Å². The number of hydrogen-bond donors (Lipinski definition) is 1. The molecular weight excluding hydrogens is 266 g/mol. The average molecular weight is 292 g/mol. The van der Waals surface area contributed by atoms with Crippen LogP contribution in [0.5, 0.6) is 0 Å². The van der Waals surface area contributed by atoms with Crippen LogP contribution in [0.3, 0.4) is 0 Å². The number of nitrogens with one attached hydrogen (secondary N) is 1. The number of likely N-dealkylation sites (tertiary alicyclic amines) is 1. The van der Waals surface area contributed by atoms with Crippen molar-refractivity contribution in [2.45, 2.75) is 51.6 Å². The molecule has 1 aliphatic rings. The molecule has 0 bridgehead atoms. The molecule has 1 N–H and O–H groups in total. The summed E-state index contributed by atoms with van der Waals surface area (Å²) in [6.45, 7) is 5.54. The monoisotopic (exact) mass is 292 g/mol. The number of halogens is 2. The molecule has 0 aliphatic carbocycles. The summed E-state index contributed by atoms with van der Waals surface area (Å²) in [4.78, 5) is 13.7. The van der Waals surface area contributed by atoms with Gasteiger partial charge in [-0.15, -0.1) is 0 Å². The van der Waals surface area contributed by atoms with Crippen LogP contribution in [0.15, 0.2) is 0 Å². The summed E-state index contributed by atoms with van der Waals surface area (Å²) in [5.41, 5.74) is 0. The van der Waals surface area contributed by atoms with E-state index in [0.29, 0.717) is 12.5 Å². The summed E-state index contributed by atoms with van der Waals surface area (Å²) in [7, 11) is 1.38. The number of carbonyl (C=O) groups excluding carboxylic acids is 1. The van der Waals surface area contributed by atoms with E-state index in [1.165, 1.54) is 7.11 Å². The van der Waals surface area contributed by atoms with Crippen molar-refractivity contribution in [2.75, 3.05) is 26.7 Å². The van der Waals surface area contributed by atoms with Crippen LogP contribution in [-0.4, -0.2) is 56.1 Å². The summed E-state index contributed by atoms with van der Waals surface area (Å²) in [6.07, 6.45) is -0.231. The Balaban J connectivity index is 2.59. The molecule has 3 atom stereocenters. The van der Waals surface area contributed by atoms with Crippen molar-refractivity contribution in [2.24, 2.45) is 5.92 Å². The minimum absolute atomic E-state index is 0.0152. The molecular formula is C14H26F2N2O2. The predicted octanol–water partition coefficient (Wildman–Crippen LogP) is 1.89. The Kier molecular flexibility index (Phi) is 7.37. The first-order valence-electron chi connectivity index (χ1n) is 7.28. The van der Waals surface area contributed by atoms with Crippen LogP contribution >= 0.6 is 0 Å². The lowest BCUT2D eigenvalue weighted by Crippen LogP contribution is -2.53. The van der Waals surface area contributed by atoms with E-state index in [1.54, 1.807) is 0 Å². The van der Waals surface area contributed by atoms with E-state index < -0.39 is 6.43 Å². The van der Waals surface area contributed by atoms with Gasteiger partial charge in [-0.25, -0.2) is 8.78 Å². The second-order valence-corrected chi connectivity index (χ2v) is 5.59. The molecule has 0 aromatic rings. The van der Waals surface area contributed by atoms with Crippen LogP contribution in [0.1, 0.15) is 33.1 Å². The van der Waals surface area contributed by atoms with Crippen molar-refractivity contribution < 1.29 is 18.3 Å². The van der Waals surface area contributed by atoms with Crippen LogP contribution < -0.4 is 5.32 Å². The molecule has 1 aliphatic heterocycles. The molecule has 0 spiro atoms. The molecule has 1 heterocycles. The van der Waals surface area contributed by atoms with Crippen molar-refractivity contribution in [3.05, 3.63) is 0 Å². The van der Waals surface area contributed by atoms with E-state index >= 15 is 0 Å². The highest BCUT2D eigenvalue weighted by atomic mass is 19.3. The summed E-state index contributed by atoms with van der Waals surface area (Å²) < 4.78 is 29.4. The van der Waals surface area contributed by atoms with Crippen molar-refractivity contribution in [3.63, 3.8) is 0 Å². The fourth-order valence-corrected chi connectivity index (χ4v) is 2.73. The fourth-order valence-electron chi connectivity index (χ4n) is 2.73. The second kappa shape index (κ2) is 8.52. The Hall–Kier alpha value is -0.750. The number of nitrogens with zero attached hydrogens (tertiary/aromatic N) is 1. The Morgan fingerprint density at radius 2 is 2.15 bits per heavy atom. The van der Waals surface area contributed by atoms with Gasteiger partial charge in [0.1, 0.15) is 0 Å². The van der Waals surface area contributed by atoms with Crippen molar-refractivity contribution in [1.82, 2.24) is 10.2 Å². The maximum Gasteiger partial charge on any atom is 0.305 e. The Morgan fingerprint density at radius 1 is 1.45 bits per heavy atom. The van der Waals surface area contributed by atoms with Gasteiger partial charge in [-0.3, -0.25) is 9.69 Å². The maximum atomic E-state index is 12.3. The molecule has 1 rings (SSSR count). The molecule has 0 aromatic heterocycles. The zero-order valence-corrected chi connectivity index (χ0v) is 12.6. The number of methoxy groups -OCH3 is 1. The van der Waals surface area contributed by atoms with E-state index in [0.717, 1.165) is 25.9 Å². The number of ether oxygens (including phenoxy) is 1. The Labute approximate surface area is 119 Å². The summed E-state index contributed by atoms with van der Waals surface area (Å²) >= 11 is 0. The highest BCUT2D eigenvalue weighted by Crippen LogP contribution is 2.23. The van der Waals surface area contributed by atoms with Gasteiger partial charge in [0.25, 0.3) is 6.43 Å². The van der Waals surface area contributed by atoms with Gasteiger partial charge in [-0.2, -0.15) is 0 Å².